The maximum atomic E-state index is 11.0. The number of carboxylic acids is 1. The maximum Gasteiger partial charge on any atom is 0.120 e. The van der Waals surface area contributed by atoms with Gasteiger partial charge in [-0.25, -0.2) is 4.98 Å². The Kier molecular flexibility index (Phi) is 3.86. The molecule has 3 rings (SSSR count). The summed E-state index contributed by atoms with van der Waals surface area (Å²) >= 11 is 3.10. The average molecular weight is 314 g/mol. The van der Waals surface area contributed by atoms with Gasteiger partial charge in [0.2, 0.25) is 0 Å². The van der Waals surface area contributed by atoms with Gasteiger partial charge in [-0.2, -0.15) is 0 Å². The van der Waals surface area contributed by atoms with E-state index in [4.69, 9.17) is 0 Å². The number of benzene rings is 1. The molecule has 2 heterocycles. The molecule has 2 aromatic heterocycles. The molecule has 3 nitrogen and oxygen atoms in total. The van der Waals surface area contributed by atoms with Gasteiger partial charge in [-0.1, -0.05) is 12.1 Å². The third-order valence-corrected chi connectivity index (χ3v) is 5.19. The van der Waals surface area contributed by atoms with Gasteiger partial charge in [-0.05, 0) is 47.7 Å². The van der Waals surface area contributed by atoms with Crippen molar-refractivity contribution >= 4 is 50.5 Å². The number of aromatic nitrogens is 1. The molecule has 0 N–H and O–H groups in total. The molecule has 5 heteroatoms. The van der Waals surface area contributed by atoms with Crippen molar-refractivity contribution in [2.24, 2.45) is 0 Å². The first kappa shape index (κ1) is 14.0. The third kappa shape index (κ3) is 3.04. The molecule has 0 saturated heterocycles. The molecule has 0 amide bonds. The van der Waals surface area contributed by atoms with Crippen LogP contribution in [-0.2, 0) is 4.79 Å². The van der Waals surface area contributed by atoms with Crippen molar-refractivity contribution in [2.45, 2.75) is 13.3 Å². The minimum absolute atomic E-state index is 0.128. The number of nitrogens with zero attached hydrogens (tertiary/aromatic N) is 1. The number of hydrogen-bond acceptors (Lipinski definition) is 5. The van der Waals surface area contributed by atoms with Gasteiger partial charge in [0.1, 0.15) is 5.01 Å². The number of carbonyl (C=O) groups is 1. The van der Waals surface area contributed by atoms with Gasteiger partial charge in [0.15, 0.2) is 0 Å². The number of aryl methyl sites for hydroxylation is 1. The molecule has 0 fully saturated rings. The van der Waals surface area contributed by atoms with E-state index in [2.05, 4.69) is 4.98 Å². The van der Waals surface area contributed by atoms with Crippen LogP contribution in [0.25, 0.3) is 21.9 Å². The van der Waals surface area contributed by atoms with E-state index in [9.17, 15) is 9.90 Å². The third-order valence-electron chi connectivity index (χ3n) is 3.11. The van der Waals surface area contributed by atoms with Crippen LogP contribution in [0, 0.1) is 6.92 Å². The second-order valence-electron chi connectivity index (χ2n) is 4.67. The van der Waals surface area contributed by atoms with Crippen LogP contribution in [0.5, 0.6) is 0 Å². The zero-order chi connectivity index (χ0) is 14.8. The number of aliphatic carboxylic acids is 1. The number of rotatable bonds is 4. The van der Waals surface area contributed by atoms with Gasteiger partial charge in [0.25, 0.3) is 0 Å². The maximum absolute atomic E-state index is 11.0. The lowest BCUT2D eigenvalue weighted by Crippen LogP contribution is -2.22. The molecule has 0 bridgehead atoms. The second-order valence-corrected chi connectivity index (χ2v) is 6.65. The Bertz CT molecular complexity index is 797. The Morgan fingerprint density at radius 1 is 1.33 bits per heavy atom. The summed E-state index contributed by atoms with van der Waals surface area (Å²) in [5, 5.41) is 13.8. The summed E-state index contributed by atoms with van der Waals surface area (Å²) in [6.07, 6.45) is 1.78. The van der Waals surface area contributed by atoms with E-state index in [-0.39, 0.29) is 6.42 Å². The highest BCUT2D eigenvalue weighted by Gasteiger charge is 2.10. The van der Waals surface area contributed by atoms with Crippen LogP contribution < -0.4 is 5.11 Å². The summed E-state index contributed by atoms with van der Waals surface area (Å²) in [6.45, 7) is 2.01. The van der Waals surface area contributed by atoms with E-state index in [0.717, 1.165) is 25.7 Å². The van der Waals surface area contributed by atoms with Crippen molar-refractivity contribution in [2.75, 3.05) is 0 Å². The summed E-state index contributed by atoms with van der Waals surface area (Å²) in [5.74, 6) is -1.09. The number of thiazole rings is 1. The van der Waals surface area contributed by atoms with Crippen LogP contribution >= 0.6 is 22.7 Å². The van der Waals surface area contributed by atoms with Crippen LogP contribution in [-0.4, -0.2) is 11.0 Å². The highest BCUT2D eigenvalue weighted by molar-refractivity contribution is 7.19. The number of carboxylic acid groups (broad SMARTS) is 1. The molecule has 0 radical (unpaired) electrons. The van der Waals surface area contributed by atoms with E-state index in [1.807, 2.05) is 48.7 Å². The number of thiophene rings is 1. The number of fused-ring (bicyclic) bond motifs is 1. The molecule has 0 aliphatic rings. The van der Waals surface area contributed by atoms with E-state index >= 15 is 0 Å². The van der Waals surface area contributed by atoms with Crippen LogP contribution in [0.4, 0.5) is 0 Å². The van der Waals surface area contributed by atoms with Gasteiger partial charge in [-0.3, -0.25) is 0 Å². The minimum Gasteiger partial charge on any atom is -0.550 e. The largest absolute Gasteiger partial charge is 0.550 e. The molecule has 0 spiro atoms. The Balaban J connectivity index is 2.08. The Morgan fingerprint density at radius 3 is 2.81 bits per heavy atom. The van der Waals surface area contributed by atoms with Gasteiger partial charge in [0, 0.05) is 17.3 Å². The molecule has 0 unspecified atom stereocenters. The molecule has 0 atom stereocenters. The summed E-state index contributed by atoms with van der Waals surface area (Å²) in [4.78, 5) is 16.6. The quantitative estimate of drug-likeness (QED) is 0.742. The molecule has 0 aliphatic heterocycles. The van der Waals surface area contributed by atoms with Crippen molar-refractivity contribution in [1.29, 1.82) is 0 Å². The fraction of sp³-hybridized carbons (Fsp3) is 0.125. The van der Waals surface area contributed by atoms with E-state index in [0.29, 0.717) is 5.57 Å². The lowest BCUT2D eigenvalue weighted by Gasteiger charge is -2.05. The topological polar surface area (TPSA) is 53.0 Å². The predicted octanol–water partition coefficient (Wildman–Crippen LogP) is 3.35. The predicted molar refractivity (Wildman–Crippen MR) is 86.2 cm³/mol. The molecule has 3 aromatic rings. The van der Waals surface area contributed by atoms with Gasteiger partial charge >= 0.3 is 0 Å². The van der Waals surface area contributed by atoms with Crippen molar-refractivity contribution < 1.29 is 9.90 Å². The highest BCUT2D eigenvalue weighted by Crippen LogP contribution is 2.31. The highest BCUT2D eigenvalue weighted by atomic mass is 32.1. The molecule has 0 aliphatic carbocycles. The SMILES string of the molecule is Cc1ccsc1/C=C(\CC(=O)[O-])c1nc2ccccc2s1. The van der Waals surface area contributed by atoms with Gasteiger partial charge in [0.05, 0.1) is 10.2 Å². The summed E-state index contributed by atoms with van der Waals surface area (Å²) in [5.41, 5.74) is 2.73. The second kappa shape index (κ2) is 5.79. The fourth-order valence-electron chi connectivity index (χ4n) is 2.04. The zero-order valence-corrected chi connectivity index (χ0v) is 13.0. The Labute approximate surface area is 130 Å². The molecule has 1 aromatic carbocycles. The van der Waals surface area contributed by atoms with Crippen LogP contribution in [0.1, 0.15) is 21.9 Å². The van der Waals surface area contributed by atoms with Crippen molar-refractivity contribution in [3.63, 3.8) is 0 Å². The zero-order valence-electron chi connectivity index (χ0n) is 11.3. The number of para-hydroxylation sites is 1. The first-order valence-corrected chi connectivity index (χ1v) is 8.13. The smallest absolute Gasteiger partial charge is 0.120 e. The lowest BCUT2D eigenvalue weighted by atomic mass is 10.1. The molecular weight excluding hydrogens is 302 g/mol. The Morgan fingerprint density at radius 2 is 2.14 bits per heavy atom. The van der Waals surface area contributed by atoms with E-state index in [1.165, 1.54) is 11.3 Å². The average Bonchev–Trinajstić information content (AvgIpc) is 3.04. The normalized spacial score (nSPS) is 12.0. The van der Waals surface area contributed by atoms with Crippen molar-refractivity contribution in [3.8, 4) is 0 Å². The number of carbonyl (C=O) groups excluding carboxylic acids is 1. The molecule has 106 valence electrons. The first-order valence-electron chi connectivity index (χ1n) is 6.44. The van der Waals surface area contributed by atoms with Crippen LogP contribution in [0.2, 0.25) is 0 Å². The molecule has 21 heavy (non-hydrogen) atoms. The Hall–Kier alpha value is -1.98. The summed E-state index contributed by atoms with van der Waals surface area (Å²) in [7, 11) is 0. The van der Waals surface area contributed by atoms with Gasteiger partial charge < -0.3 is 9.90 Å². The standard InChI is InChI=1S/C16H13NO2S2/c1-10-6-7-20-14(10)8-11(9-15(18)19)16-17-12-4-2-3-5-13(12)21-16/h2-8H,9H2,1H3,(H,18,19)/p-1/b11-8+. The van der Waals surface area contributed by atoms with Gasteiger partial charge in [-0.15, -0.1) is 22.7 Å². The summed E-state index contributed by atoms with van der Waals surface area (Å²) < 4.78 is 1.06. The fourth-order valence-corrected chi connectivity index (χ4v) is 3.91. The van der Waals surface area contributed by atoms with E-state index in [1.54, 1.807) is 11.3 Å². The molecule has 0 saturated carbocycles. The minimum atomic E-state index is -1.09. The monoisotopic (exact) mass is 314 g/mol. The van der Waals surface area contributed by atoms with Crippen LogP contribution in [0.3, 0.4) is 0 Å². The van der Waals surface area contributed by atoms with Crippen LogP contribution in [0.15, 0.2) is 35.7 Å². The lowest BCUT2D eigenvalue weighted by molar-refractivity contribution is -0.304. The summed E-state index contributed by atoms with van der Waals surface area (Å²) in [6, 6.07) is 9.82. The van der Waals surface area contributed by atoms with Crippen molar-refractivity contribution in [1.82, 2.24) is 4.98 Å². The molecular formula is C16H12NO2S2-. The number of hydrogen-bond donors (Lipinski definition) is 0. The van der Waals surface area contributed by atoms with E-state index < -0.39 is 5.97 Å². The van der Waals surface area contributed by atoms with Crippen molar-refractivity contribution in [3.05, 3.63) is 51.2 Å². The first-order chi connectivity index (χ1) is 10.1.